The summed E-state index contributed by atoms with van der Waals surface area (Å²) in [5.41, 5.74) is 1.10. The van der Waals surface area contributed by atoms with Crippen molar-refractivity contribution < 1.29 is 14.4 Å². The summed E-state index contributed by atoms with van der Waals surface area (Å²) in [5.74, 6) is 0.0856. The van der Waals surface area contributed by atoms with Gasteiger partial charge in [0.1, 0.15) is 6.10 Å². The quantitative estimate of drug-likeness (QED) is 0.614. The van der Waals surface area contributed by atoms with Crippen LogP contribution in [0.15, 0.2) is 5.16 Å². The summed E-state index contributed by atoms with van der Waals surface area (Å²) in [6.07, 6.45) is 2.36. The minimum absolute atomic E-state index is 0.0440. The van der Waals surface area contributed by atoms with Gasteiger partial charge in [-0.05, 0) is 27.2 Å². The van der Waals surface area contributed by atoms with E-state index in [1.807, 2.05) is 41.5 Å². The number of ether oxygens (including phenoxy) is 1. The van der Waals surface area contributed by atoms with Gasteiger partial charge in [0.05, 0.1) is 17.7 Å². The fourth-order valence-corrected chi connectivity index (χ4v) is 1.63. The first-order valence-electron chi connectivity index (χ1n) is 6.38. The molecule has 4 nitrogen and oxygen atoms in total. The fourth-order valence-electron chi connectivity index (χ4n) is 1.63. The van der Waals surface area contributed by atoms with Crippen molar-refractivity contribution in [3.8, 4) is 0 Å². The number of rotatable bonds is 0. The van der Waals surface area contributed by atoms with E-state index in [4.69, 9.17) is 9.57 Å². The van der Waals surface area contributed by atoms with Crippen LogP contribution in [-0.2, 0) is 14.4 Å². The number of carbonyl (C=O) groups excluding carboxylic acids is 1. The smallest absolute Gasteiger partial charge is 0.309 e. The lowest BCUT2D eigenvalue weighted by Crippen LogP contribution is -2.02. The molecule has 3 atom stereocenters. The van der Waals surface area contributed by atoms with Gasteiger partial charge in [-0.25, -0.2) is 0 Å². The number of hydrogen-bond donors (Lipinski definition) is 0. The zero-order valence-electron chi connectivity index (χ0n) is 11.8. The van der Waals surface area contributed by atoms with Crippen molar-refractivity contribution in [2.45, 2.75) is 66.6 Å². The highest BCUT2D eigenvalue weighted by Gasteiger charge is 2.27. The molecule has 2 rings (SSSR count). The first kappa shape index (κ1) is 15.9. The maximum Gasteiger partial charge on any atom is 0.309 e. The predicted molar refractivity (Wildman–Crippen MR) is 69.0 cm³/mol. The number of esters is 1. The van der Waals surface area contributed by atoms with E-state index in [2.05, 4.69) is 5.16 Å². The van der Waals surface area contributed by atoms with E-state index in [0.29, 0.717) is 6.10 Å². The van der Waals surface area contributed by atoms with Gasteiger partial charge in [-0.1, -0.05) is 25.9 Å². The van der Waals surface area contributed by atoms with Gasteiger partial charge in [0.15, 0.2) is 0 Å². The highest BCUT2D eigenvalue weighted by Crippen LogP contribution is 2.18. The molecule has 2 aliphatic rings. The Morgan fingerprint density at radius 1 is 1.18 bits per heavy atom. The Balaban J connectivity index is 0.000000265. The standard InChI is InChI=1S/C6H10O2.C5H9NO.C2H6/c1-4-3-5(2)8-6(4)7;1-4-3-5(2)7-6-4;1-2/h4-5H,3H2,1-2H3;5H,3H2,1-2H3;1-2H3/t4?,5-;5-;/m00./s1. The third-order valence-electron chi connectivity index (χ3n) is 2.38. The average molecular weight is 243 g/mol. The Labute approximate surface area is 104 Å². The molecule has 2 aliphatic heterocycles. The van der Waals surface area contributed by atoms with Crippen LogP contribution in [0.2, 0.25) is 0 Å². The largest absolute Gasteiger partial charge is 0.462 e. The molecule has 4 heteroatoms. The third kappa shape index (κ3) is 6.29. The minimum atomic E-state index is -0.0440. The number of oxime groups is 1. The first-order valence-corrected chi connectivity index (χ1v) is 6.38. The van der Waals surface area contributed by atoms with Gasteiger partial charge >= 0.3 is 5.97 Å². The molecule has 100 valence electrons. The molecule has 0 aromatic carbocycles. The van der Waals surface area contributed by atoms with Gasteiger partial charge in [0.25, 0.3) is 0 Å². The third-order valence-corrected chi connectivity index (χ3v) is 2.38. The molecule has 0 N–H and O–H groups in total. The van der Waals surface area contributed by atoms with E-state index in [0.717, 1.165) is 18.6 Å². The van der Waals surface area contributed by atoms with Crippen molar-refractivity contribution in [2.75, 3.05) is 0 Å². The monoisotopic (exact) mass is 243 g/mol. The Kier molecular flexibility index (Phi) is 7.59. The molecule has 1 saturated heterocycles. The van der Waals surface area contributed by atoms with Gasteiger partial charge in [0, 0.05) is 6.42 Å². The first-order chi connectivity index (χ1) is 7.99. The number of carbonyl (C=O) groups is 1. The summed E-state index contributed by atoms with van der Waals surface area (Å²) in [6.45, 7) is 11.8. The van der Waals surface area contributed by atoms with Crippen LogP contribution >= 0.6 is 0 Å². The Morgan fingerprint density at radius 2 is 1.76 bits per heavy atom. The molecule has 0 spiro atoms. The maximum absolute atomic E-state index is 10.6. The molecule has 0 aliphatic carbocycles. The summed E-state index contributed by atoms with van der Waals surface area (Å²) < 4.78 is 4.83. The fraction of sp³-hybridized carbons (Fsp3) is 0.846. The van der Waals surface area contributed by atoms with Crippen LogP contribution in [0.1, 0.15) is 54.4 Å². The molecule has 0 bridgehead atoms. The normalized spacial score (nSPS) is 30.1. The Morgan fingerprint density at radius 3 is 1.88 bits per heavy atom. The van der Waals surface area contributed by atoms with Gasteiger partial charge in [-0.15, -0.1) is 0 Å². The summed E-state index contributed by atoms with van der Waals surface area (Å²) in [5, 5.41) is 3.73. The van der Waals surface area contributed by atoms with Crippen LogP contribution in [0.4, 0.5) is 0 Å². The van der Waals surface area contributed by atoms with Gasteiger partial charge in [-0.2, -0.15) is 0 Å². The zero-order chi connectivity index (χ0) is 13.4. The van der Waals surface area contributed by atoms with Gasteiger partial charge in [-0.3, -0.25) is 4.79 Å². The summed E-state index contributed by atoms with van der Waals surface area (Å²) >= 11 is 0. The predicted octanol–water partition coefficient (Wildman–Crippen LogP) is 3.16. The minimum Gasteiger partial charge on any atom is -0.462 e. The van der Waals surface area contributed by atoms with Crippen LogP contribution in [0.25, 0.3) is 0 Å². The van der Waals surface area contributed by atoms with Crippen molar-refractivity contribution in [1.82, 2.24) is 0 Å². The molecular weight excluding hydrogens is 218 g/mol. The SMILES string of the molecule is CC.CC1=NO[C@@H](C)C1.CC1C[C@H](C)OC1=O. The molecule has 0 aromatic rings. The molecular formula is C13H25NO3. The molecule has 2 heterocycles. The van der Waals surface area contributed by atoms with Gasteiger partial charge in [0.2, 0.25) is 0 Å². The number of cyclic esters (lactones) is 1. The summed E-state index contributed by atoms with van der Waals surface area (Å²) in [6, 6.07) is 0. The molecule has 0 saturated carbocycles. The molecule has 0 amide bonds. The summed E-state index contributed by atoms with van der Waals surface area (Å²) in [7, 11) is 0. The summed E-state index contributed by atoms with van der Waals surface area (Å²) in [4.78, 5) is 15.4. The maximum atomic E-state index is 10.6. The molecule has 17 heavy (non-hydrogen) atoms. The number of nitrogens with zero attached hydrogens (tertiary/aromatic N) is 1. The van der Waals surface area contributed by atoms with Crippen LogP contribution < -0.4 is 0 Å². The van der Waals surface area contributed by atoms with E-state index >= 15 is 0 Å². The molecule has 0 radical (unpaired) electrons. The zero-order valence-corrected chi connectivity index (χ0v) is 11.8. The molecule has 0 aromatic heterocycles. The van der Waals surface area contributed by atoms with Crippen molar-refractivity contribution in [3.63, 3.8) is 0 Å². The van der Waals surface area contributed by atoms with Crippen molar-refractivity contribution >= 4 is 11.7 Å². The Hall–Kier alpha value is -1.06. The van der Waals surface area contributed by atoms with Crippen LogP contribution in [0.3, 0.4) is 0 Å². The van der Waals surface area contributed by atoms with Crippen LogP contribution in [0, 0.1) is 5.92 Å². The second kappa shape index (κ2) is 8.09. The second-order valence-corrected chi connectivity index (χ2v) is 4.33. The lowest BCUT2D eigenvalue weighted by Gasteiger charge is -1.95. The van der Waals surface area contributed by atoms with Crippen LogP contribution in [0.5, 0.6) is 0 Å². The topological polar surface area (TPSA) is 47.9 Å². The molecule has 1 fully saturated rings. The lowest BCUT2D eigenvalue weighted by atomic mass is 10.1. The van der Waals surface area contributed by atoms with E-state index in [9.17, 15) is 4.79 Å². The van der Waals surface area contributed by atoms with Crippen LogP contribution in [-0.4, -0.2) is 23.9 Å². The van der Waals surface area contributed by atoms with E-state index in [-0.39, 0.29) is 18.0 Å². The Bertz CT molecular complexity index is 263. The van der Waals surface area contributed by atoms with Crippen molar-refractivity contribution in [3.05, 3.63) is 0 Å². The van der Waals surface area contributed by atoms with E-state index in [1.165, 1.54) is 0 Å². The number of hydrogen-bond acceptors (Lipinski definition) is 4. The van der Waals surface area contributed by atoms with E-state index in [1.54, 1.807) is 0 Å². The lowest BCUT2D eigenvalue weighted by molar-refractivity contribution is -0.143. The second-order valence-electron chi connectivity index (χ2n) is 4.33. The van der Waals surface area contributed by atoms with Crippen molar-refractivity contribution in [1.29, 1.82) is 0 Å². The molecule has 1 unspecified atom stereocenters. The highest BCUT2D eigenvalue weighted by molar-refractivity contribution is 5.82. The van der Waals surface area contributed by atoms with E-state index < -0.39 is 0 Å². The van der Waals surface area contributed by atoms with Gasteiger partial charge < -0.3 is 9.57 Å². The highest BCUT2D eigenvalue weighted by atomic mass is 16.6. The average Bonchev–Trinajstić information content (AvgIpc) is 2.77. The van der Waals surface area contributed by atoms with Crippen molar-refractivity contribution in [2.24, 2.45) is 11.1 Å².